The molecule has 8 N–H and O–H groups in total. The Kier molecular flexibility index (Phi) is 9.70. The van der Waals surface area contributed by atoms with Gasteiger partial charge in [0.25, 0.3) is 0 Å². The van der Waals surface area contributed by atoms with Gasteiger partial charge in [0.05, 0.1) is 12.0 Å². The lowest BCUT2D eigenvalue weighted by atomic mass is 9.86. The van der Waals surface area contributed by atoms with Crippen molar-refractivity contribution in [1.82, 2.24) is 5.32 Å². The fourth-order valence-corrected chi connectivity index (χ4v) is 7.51. The van der Waals surface area contributed by atoms with E-state index in [0.717, 1.165) is 27.6 Å². The maximum Gasteiger partial charge on any atom is 0.222 e. The van der Waals surface area contributed by atoms with Crippen molar-refractivity contribution in [2.45, 2.75) is 62.3 Å². The summed E-state index contributed by atoms with van der Waals surface area (Å²) in [6, 6.07) is 3.22. The number of fused-ring (bicyclic) bond motifs is 4. The molecule has 8 atom stereocenters. The van der Waals surface area contributed by atoms with Crippen molar-refractivity contribution in [1.29, 1.82) is 0 Å². The summed E-state index contributed by atoms with van der Waals surface area (Å²) in [6.07, 6.45) is 5.61. The van der Waals surface area contributed by atoms with Gasteiger partial charge in [0, 0.05) is 54.6 Å². The molecule has 1 aromatic heterocycles. The second-order valence-corrected chi connectivity index (χ2v) is 14.0. The number of rotatable bonds is 14. The molecule has 0 aliphatic carbocycles. The number of aliphatic hydroxyl groups excluding tert-OH is 4. The molecule has 2 unspecified atom stereocenters. The number of quaternary nitrogens is 2. The van der Waals surface area contributed by atoms with Crippen LogP contribution in [0.4, 0.5) is 5.69 Å². The van der Waals surface area contributed by atoms with Crippen molar-refractivity contribution < 1.29 is 54.3 Å². The third-order valence-corrected chi connectivity index (χ3v) is 10.5. The highest BCUT2D eigenvalue weighted by molar-refractivity contribution is 5.90. The van der Waals surface area contributed by atoms with Crippen LogP contribution >= 0.6 is 0 Å². The third kappa shape index (κ3) is 6.44. The number of benzene rings is 1. The largest absolute Gasteiger partial charge is 0.478 e. The quantitative estimate of drug-likeness (QED) is 0.0772. The zero-order valence-corrected chi connectivity index (χ0v) is 28.8. The highest BCUT2D eigenvalue weighted by Crippen LogP contribution is 2.44. The zero-order chi connectivity index (χ0) is 36.1. The summed E-state index contributed by atoms with van der Waals surface area (Å²) in [5.41, 5.74) is 1.79. The molecule has 15 heteroatoms. The molecule has 0 amide bonds. The van der Waals surface area contributed by atoms with E-state index in [-0.39, 0.29) is 18.4 Å². The molecular weight excluding hydrogens is 662 g/mol. The average molecular weight is 708 g/mol. The Morgan fingerprint density at radius 2 is 1.96 bits per heavy atom. The molecular formula is C36H45N5O10+2. The summed E-state index contributed by atoms with van der Waals surface area (Å²) in [5.74, 6) is 1.06. The molecule has 51 heavy (non-hydrogen) atoms. The van der Waals surface area contributed by atoms with Crippen LogP contribution in [0.15, 0.2) is 78.4 Å². The van der Waals surface area contributed by atoms with Crippen LogP contribution in [0.3, 0.4) is 0 Å². The molecule has 0 radical (unpaired) electrons. The van der Waals surface area contributed by atoms with Gasteiger partial charge in [-0.25, -0.2) is 9.78 Å². The fraction of sp³-hybridized carbons (Fsp3) is 0.472. The molecule has 1 aromatic carbocycles. The van der Waals surface area contributed by atoms with Gasteiger partial charge in [0.1, 0.15) is 79.6 Å². The first kappa shape index (κ1) is 35.5. The predicted molar refractivity (Wildman–Crippen MR) is 185 cm³/mol. The molecule has 15 nitrogen and oxygen atoms in total. The van der Waals surface area contributed by atoms with E-state index in [9.17, 15) is 30.3 Å². The van der Waals surface area contributed by atoms with Crippen molar-refractivity contribution in [3.63, 3.8) is 0 Å². The number of aryl methyl sites for hydroxylation is 1. The average Bonchev–Trinajstić information content (AvgIpc) is 3.90. The van der Waals surface area contributed by atoms with Gasteiger partial charge in [-0.2, -0.15) is 0 Å². The van der Waals surface area contributed by atoms with Gasteiger partial charge in [0.15, 0.2) is 22.5 Å². The maximum atomic E-state index is 13.3. The topological polar surface area (TPSA) is 205 Å². The number of allylic oxidation sites excluding steroid dienone is 2. The minimum atomic E-state index is -2.32. The van der Waals surface area contributed by atoms with Crippen molar-refractivity contribution in [2.75, 3.05) is 46.4 Å². The molecule has 5 aliphatic heterocycles. The van der Waals surface area contributed by atoms with Crippen molar-refractivity contribution >= 4 is 29.1 Å². The van der Waals surface area contributed by atoms with E-state index < -0.39 is 48.8 Å². The van der Waals surface area contributed by atoms with Gasteiger partial charge in [-0.05, 0) is 39.6 Å². The van der Waals surface area contributed by atoms with Crippen LogP contribution in [-0.4, -0.2) is 120 Å². The van der Waals surface area contributed by atoms with Gasteiger partial charge in [-0.1, -0.05) is 0 Å². The first-order valence-corrected chi connectivity index (χ1v) is 17.2. The van der Waals surface area contributed by atoms with Crippen molar-refractivity contribution in [3.8, 4) is 5.75 Å². The van der Waals surface area contributed by atoms with E-state index >= 15 is 0 Å². The van der Waals surface area contributed by atoms with Crippen LogP contribution in [0.25, 0.3) is 11.0 Å². The Morgan fingerprint density at radius 3 is 2.73 bits per heavy atom. The van der Waals surface area contributed by atoms with Gasteiger partial charge in [-0.3, -0.25) is 24.6 Å². The minimum absolute atomic E-state index is 0.188. The molecule has 0 saturated carbocycles. The zero-order valence-electron chi connectivity index (χ0n) is 28.8. The minimum Gasteiger partial charge on any atom is -0.478 e. The van der Waals surface area contributed by atoms with Crippen molar-refractivity contribution in [3.05, 3.63) is 80.8 Å². The predicted octanol–water partition coefficient (Wildman–Crippen LogP) is -2.34. The maximum absolute atomic E-state index is 13.3. The SMILES string of the molecule is CNCC[C@]1(C)Oc2c(cc3c(=O)cc(C)oc3c2[NH+]2C=C3N=CC=C3C2)C[C@H]1OOC[C@H](O)[C@](O)(C[NH+]1CC=C2N=CC=C21)[C@H](O)[C@H](O)CO. The van der Waals surface area contributed by atoms with Crippen LogP contribution < -0.4 is 25.3 Å². The molecule has 2 aromatic rings. The van der Waals surface area contributed by atoms with E-state index in [2.05, 4.69) is 15.3 Å². The summed E-state index contributed by atoms with van der Waals surface area (Å²) in [6.45, 7) is 3.58. The smallest absolute Gasteiger partial charge is 0.222 e. The van der Waals surface area contributed by atoms with E-state index in [1.807, 2.05) is 32.3 Å². The van der Waals surface area contributed by atoms with Gasteiger partial charge in [-0.15, -0.1) is 0 Å². The third-order valence-electron chi connectivity index (χ3n) is 10.5. The van der Waals surface area contributed by atoms with Crippen molar-refractivity contribution in [2.24, 2.45) is 9.98 Å². The monoisotopic (exact) mass is 707 g/mol. The summed E-state index contributed by atoms with van der Waals surface area (Å²) >= 11 is 0. The molecule has 0 spiro atoms. The Labute approximate surface area is 293 Å². The Bertz CT molecular complexity index is 1950. The van der Waals surface area contributed by atoms with E-state index in [1.54, 1.807) is 31.5 Å². The van der Waals surface area contributed by atoms with Gasteiger partial charge in [0.2, 0.25) is 11.3 Å². The summed E-state index contributed by atoms with van der Waals surface area (Å²) < 4.78 is 13.1. The number of ether oxygens (including phenoxy) is 1. The Balaban J connectivity index is 1.16. The number of nitrogens with zero attached hydrogens (tertiary/aromatic N) is 2. The van der Waals surface area contributed by atoms with E-state index in [0.29, 0.717) is 64.7 Å². The lowest BCUT2D eigenvalue weighted by molar-refractivity contribution is -0.856. The number of aliphatic hydroxyl groups is 5. The molecule has 6 heterocycles. The number of hydrogen-bond donors (Lipinski definition) is 8. The Hall–Kier alpha value is -3.87. The van der Waals surface area contributed by atoms with E-state index in [4.69, 9.17) is 18.9 Å². The van der Waals surface area contributed by atoms with Gasteiger partial charge < -0.3 is 40.0 Å². The van der Waals surface area contributed by atoms with E-state index in [1.165, 1.54) is 6.07 Å². The highest BCUT2D eigenvalue weighted by atomic mass is 17.2. The van der Waals surface area contributed by atoms with Gasteiger partial charge >= 0.3 is 0 Å². The Morgan fingerprint density at radius 1 is 1.18 bits per heavy atom. The summed E-state index contributed by atoms with van der Waals surface area (Å²) in [7, 11) is 1.83. The van der Waals surface area contributed by atoms with Crippen LogP contribution in [0.5, 0.6) is 5.75 Å². The molecule has 5 aliphatic rings. The first-order chi connectivity index (χ1) is 24.5. The standard InChI is InChI=1S/C36H43N5O10/c1-20-12-27(43)23-13-22-14-30(35(2,7-10-37-3)50-32(22)31(33(23)49-20)41-15-21-4-8-39-25(21)16-41)51-48-18-29(45)36(47,34(46)28(44)17-42)19-40-11-6-24-26(40)5-9-38-24/h4-6,8-9,12-13,16,28-30,34,37,42,44-47H,7,10-11,14-15,17-19H2,1-3H3/p+2/t28-,29+,30-,34-,35+,36-/m1/s1. The summed E-state index contributed by atoms with van der Waals surface area (Å²) in [4.78, 5) is 35.3. The first-order valence-electron chi connectivity index (χ1n) is 17.2. The molecule has 7 rings (SSSR count). The molecule has 0 bridgehead atoms. The second kappa shape index (κ2) is 13.9. The lowest BCUT2D eigenvalue weighted by Crippen LogP contribution is -3.11. The highest BCUT2D eigenvalue weighted by Gasteiger charge is 2.52. The normalized spacial score (nSPS) is 27.6. The number of nitrogens with one attached hydrogen (secondary N) is 3. The number of hydrogen-bond acceptors (Lipinski definition) is 13. The number of aliphatic imine (C=N–C) groups is 2. The molecule has 0 saturated heterocycles. The second-order valence-electron chi connectivity index (χ2n) is 14.0. The van der Waals surface area contributed by atoms with Crippen LogP contribution in [0, 0.1) is 6.92 Å². The lowest BCUT2D eigenvalue weighted by Gasteiger charge is -2.42. The van der Waals surface area contributed by atoms with Crippen LogP contribution in [0.2, 0.25) is 0 Å². The van der Waals surface area contributed by atoms with Crippen LogP contribution in [0.1, 0.15) is 24.7 Å². The molecule has 272 valence electrons. The summed E-state index contributed by atoms with van der Waals surface area (Å²) in [5, 5.41) is 57.5. The molecule has 0 fully saturated rings. The fourth-order valence-electron chi connectivity index (χ4n) is 7.51. The van der Waals surface area contributed by atoms with Crippen LogP contribution in [-0.2, 0) is 16.2 Å².